The van der Waals surface area contributed by atoms with E-state index in [1.165, 1.54) is 0 Å². The molecule has 1 aromatic carbocycles. The fourth-order valence-corrected chi connectivity index (χ4v) is 1.76. The molecular formula is C14H24N2O3. The second-order valence-electron chi connectivity index (χ2n) is 4.61. The summed E-state index contributed by atoms with van der Waals surface area (Å²) in [6.07, 6.45) is 0.233. The van der Waals surface area contributed by atoms with Crippen LogP contribution in [-0.2, 0) is 4.74 Å². The molecule has 0 amide bonds. The van der Waals surface area contributed by atoms with E-state index in [0.29, 0.717) is 23.8 Å². The van der Waals surface area contributed by atoms with Gasteiger partial charge in [-0.15, -0.1) is 0 Å². The van der Waals surface area contributed by atoms with E-state index in [4.69, 9.17) is 19.9 Å². The second-order valence-corrected chi connectivity index (χ2v) is 4.61. The Bertz CT molecular complexity index is 408. The van der Waals surface area contributed by atoms with Crippen molar-refractivity contribution in [3.63, 3.8) is 0 Å². The first-order chi connectivity index (χ1) is 8.99. The molecule has 1 rings (SSSR count). The van der Waals surface area contributed by atoms with Crippen LogP contribution in [0, 0.1) is 0 Å². The summed E-state index contributed by atoms with van der Waals surface area (Å²) in [5, 5.41) is 0. The van der Waals surface area contributed by atoms with Crippen LogP contribution < -0.4 is 20.1 Å². The molecule has 0 fully saturated rings. The predicted octanol–water partition coefficient (Wildman–Crippen LogP) is 2.15. The van der Waals surface area contributed by atoms with Gasteiger partial charge in [0.15, 0.2) is 11.5 Å². The molecule has 0 aliphatic carbocycles. The Hall–Kier alpha value is -1.62. The minimum Gasteiger partial charge on any atom is -0.493 e. The molecule has 0 saturated carbocycles. The predicted molar refractivity (Wildman–Crippen MR) is 78.3 cm³/mol. The highest BCUT2D eigenvalue weighted by Gasteiger charge is 2.12. The van der Waals surface area contributed by atoms with Gasteiger partial charge in [0, 0.05) is 25.7 Å². The molecule has 2 N–H and O–H groups in total. The van der Waals surface area contributed by atoms with Crippen LogP contribution in [0.2, 0.25) is 0 Å². The molecule has 19 heavy (non-hydrogen) atoms. The molecule has 0 saturated heterocycles. The molecule has 0 aliphatic rings. The lowest BCUT2D eigenvalue weighted by molar-refractivity contribution is 0.0846. The Morgan fingerprint density at radius 1 is 1.16 bits per heavy atom. The number of benzene rings is 1. The number of anilines is 2. The van der Waals surface area contributed by atoms with Crippen LogP contribution in [0.3, 0.4) is 0 Å². The summed E-state index contributed by atoms with van der Waals surface area (Å²) in [5.74, 6) is 1.30. The largest absolute Gasteiger partial charge is 0.493 e. The molecule has 0 atom stereocenters. The Morgan fingerprint density at radius 3 is 2.26 bits per heavy atom. The van der Waals surface area contributed by atoms with E-state index in [9.17, 15) is 0 Å². The normalized spacial score (nSPS) is 10.6. The molecule has 5 heteroatoms. The fraction of sp³-hybridized carbons (Fsp3) is 0.571. The first-order valence-corrected chi connectivity index (χ1v) is 6.33. The molecule has 108 valence electrons. The lowest BCUT2D eigenvalue weighted by atomic mass is 10.2. The first-order valence-electron chi connectivity index (χ1n) is 6.33. The van der Waals surface area contributed by atoms with Crippen molar-refractivity contribution in [2.45, 2.75) is 20.0 Å². The zero-order valence-corrected chi connectivity index (χ0v) is 12.4. The zero-order chi connectivity index (χ0) is 14.4. The van der Waals surface area contributed by atoms with Crippen molar-refractivity contribution in [2.24, 2.45) is 0 Å². The van der Waals surface area contributed by atoms with Crippen molar-refractivity contribution in [2.75, 3.05) is 45.1 Å². The van der Waals surface area contributed by atoms with Gasteiger partial charge in [0.25, 0.3) is 0 Å². The molecule has 0 bridgehead atoms. The van der Waals surface area contributed by atoms with Gasteiger partial charge in [-0.05, 0) is 13.8 Å². The smallest absolute Gasteiger partial charge is 0.162 e. The molecule has 1 aromatic rings. The Labute approximate surface area is 115 Å². The third-order valence-electron chi connectivity index (χ3n) is 2.82. The van der Waals surface area contributed by atoms with Crippen LogP contribution in [0.15, 0.2) is 12.1 Å². The summed E-state index contributed by atoms with van der Waals surface area (Å²) < 4.78 is 16.0. The van der Waals surface area contributed by atoms with Gasteiger partial charge < -0.3 is 24.8 Å². The monoisotopic (exact) mass is 268 g/mol. The van der Waals surface area contributed by atoms with Gasteiger partial charge in [-0.2, -0.15) is 0 Å². The number of nitrogen functional groups attached to an aromatic ring is 1. The van der Waals surface area contributed by atoms with Crippen molar-refractivity contribution in [1.29, 1.82) is 0 Å². The van der Waals surface area contributed by atoms with E-state index < -0.39 is 0 Å². The topological polar surface area (TPSA) is 57.0 Å². The third kappa shape index (κ3) is 4.21. The van der Waals surface area contributed by atoms with Gasteiger partial charge >= 0.3 is 0 Å². The molecule has 0 aromatic heterocycles. The SMILES string of the molecule is COc1cc(N)c(N(C)CCOC(C)C)cc1OC. The van der Waals surface area contributed by atoms with Crippen molar-refractivity contribution in [3.8, 4) is 11.5 Å². The number of nitrogens with two attached hydrogens (primary N) is 1. The van der Waals surface area contributed by atoms with Crippen molar-refractivity contribution in [1.82, 2.24) is 0 Å². The second kappa shape index (κ2) is 7.09. The molecule has 0 radical (unpaired) electrons. The van der Waals surface area contributed by atoms with Gasteiger partial charge in [0.05, 0.1) is 38.3 Å². The van der Waals surface area contributed by atoms with Crippen LogP contribution in [0.25, 0.3) is 0 Å². The highest BCUT2D eigenvalue weighted by molar-refractivity contribution is 5.72. The minimum absolute atomic E-state index is 0.233. The van der Waals surface area contributed by atoms with Crippen LogP contribution in [-0.4, -0.2) is 40.5 Å². The summed E-state index contributed by atoms with van der Waals surface area (Å²) in [4.78, 5) is 2.04. The van der Waals surface area contributed by atoms with Crippen LogP contribution >= 0.6 is 0 Å². The maximum atomic E-state index is 6.03. The Morgan fingerprint density at radius 2 is 1.74 bits per heavy atom. The number of likely N-dealkylation sites (N-methyl/N-ethyl adjacent to an activating group) is 1. The lowest BCUT2D eigenvalue weighted by Crippen LogP contribution is -2.24. The van der Waals surface area contributed by atoms with Gasteiger partial charge in [0.1, 0.15) is 0 Å². The number of rotatable bonds is 7. The van der Waals surface area contributed by atoms with E-state index >= 15 is 0 Å². The van der Waals surface area contributed by atoms with Gasteiger partial charge in [-0.1, -0.05) is 0 Å². The molecule has 0 aliphatic heterocycles. The third-order valence-corrected chi connectivity index (χ3v) is 2.82. The van der Waals surface area contributed by atoms with Gasteiger partial charge in [-0.25, -0.2) is 0 Å². The lowest BCUT2D eigenvalue weighted by Gasteiger charge is -2.23. The molecule has 5 nitrogen and oxygen atoms in total. The highest BCUT2D eigenvalue weighted by atomic mass is 16.5. The van der Waals surface area contributed by atoms with Gasteiger partial charge in [-0.3, -0.25) is 0 Å². The number of hydrogen-bond acceptors (Lipinski definition) is 5. The van der Waals surface area contributed by atoms with Crippen molar-refractivity contribution in [3.05, 3.63) is 12.1 Å². The number of nitrogens with zero attached hydrogens (tertiary/aromatic N) is 1. The Kier molecular flexibility index (Phi) is 5.76. The molecular weight excluding hydrogens is 244 g/mol. The van der Waals surface area contributed by atoms with E-state index in [1.54, 1.807) is 20.3 Å². The maximum Gasteiger partial charge on any atom is 0.162 e. The number of hydrogen-bond donors (Lipinski definition) is 1. The van der Waals surface area contributed by atoms with Crippen LogP contribution in [0.1, 0.15) is 13.8 Å². The molecule has 0 unspecified atom stereocenters. The highest BCUT2D eigenvalue weighted by Crippen LogP contribution is 2.36. The van der Waals surface area contributed by atoms with E-state index in [2.05, 4.69) is 0 Å². The fourth-order valence-electron chi connectivity index (χ4n) is 1.76. The van der Waals surface area contributed by atoms with Gasteiger partial charge in [0.2, 0.25) is 0 Å². The summed E-state index contributed by atoms with van der Waals surface area (Å²) in [7, 11) is 5.18. The van der Waals surface area contributed by atoms with E-state index in [-0.39, 0.29) is 6.10 Å². The van der Waals surface area contributed by atoms with E-state index in [0.717, 1.165) is 12.2 Å². The summed E-state index contributed by atoms with van der Waals surface area (Å²) >= 11 is 0. The Balaban J connectivity index is 2.81. The first kappa shape index (κ1) is 15.4. The molecule has 0 spiro atoms. The van der Waals surface area contributed by atoms with Crippen molar-refractivity contribution < 1.29 is 14.2 Å². The number of ether oxygens (including phenoxy) is 3. The summed E-state index contributed by atoms with van der Waals surface area (Å²) in [6, 6.07) is 3.65. The standard InChI is InChI=1S/C14H24N2O3/c1-10(2)19-7-6-16(3)12-9-14(18-5)13(17-4)8-11(12)15/h8-10H,6-7,15H2,1-5H3. The van der Waals surface area contributed by atoms with Crippen LogP contribution in [0.4, 0.5) is 11.4 Å². The zero-order valence-electron chi connectivity index (χ0n) is 12.4. The van der Waals surface area contributed by atoms with Crippen LogP contribution in [0.5, 0.6) is 11.5 Å². The van der Waals surface area contributed by atoms with Crippen molar-refractivity contribution >= 4 is 11.4 Å². The summed E-state index contributed by atoms with van der Waals surface area (Å²) in [5.41, 5.74) is 7.60. The quantitative estimate of drug-likeness (QED) is 0.768. The summed E-state index contributed by atoms with van der Waals surface area (Å²) in [6.45, 7) is 5.45. The average Bonchev–Trinajstić information content (AvgIpc) is 2.37. The maximum absolute atomic E-state index is 6.03. The number of methoxy groups -OCH3 is 2. The van der Waals surface area contributed by atoms with E-state index in [1.807, 2.05) is 31.9 Å². The average molecular weight is 268 g/mol. The minimum atomic E-state index is 0.233. The molecule has 0 heterocycles.